The molecule has 0 atom stereocenters. The zero-order valence-corrected chi connectivity index (χ0v) is 13.4. The maximum Gasteiger partial charge on any atom is 0.254 e. The lowest BCUT2D eigenvalue weighted by Gasteiger charge is -2.31. The molecule has 96 valence electrons. The number of nitrogens with zero attached hydrogens (tertiary/aromatic N) is 1. The van der Waals surface area contributed by atoms with E-state index in [0.717, 1.165) is 31.5 Å². The van der Waals surface area contributed by atoms with Crippen LogP contribution in [0.4, 0.5) is 0 Å². The maximum atomic E-state index is 12.2. The van der Waals surface area contributed by atoms with E-state index in [1.807, 2.05) is 23.4 Å². The van der Waals surface area contributed by atoms with Crippen molar-refractivity contribution < 1.29 is 4.79 Å². The molecule has 17 heavy (non-hydrogen) atoms. The van der Waals surface area contributed by atoms with Crippen LogP contribution in [0.1, 0.15) is 23.2 Å². The van der Waals surface area contributed by atoms with Crippen molar-refractivity contribution in [2.45, 2.75) is 18.9 Å². The molecule has 1 fully saturated rings. The molecule has 2 heterocycles. The smallest absolute Gasteiger partial charge is 0.254 e. The zero-order chi connectivity index (χ0) is 11.5. The van der Waals surface area contributed by atoms with Crippen molar-refractivity contribution in [2.24, 2.45) is 0 Å². The third-order valence-corrected chi connectivity index (χ3v) is 4.78. The Hall–Kier alpha value is 0.150. The van der Waals surface area contributed by atoms with E-state index in [4.69, 9.17) is 0 Å². The van der Waals surface area contributed by atoms with Gasteiger partial charge in [-0.25, -0.2) is 0 Å². The van der Waals surface area contributed by atoms with Crippen molar-refractivity contribution >= 4 is 52.2 Å². The fourth-order valence-corrected chi connectivity index (χ4v) is 3.31. The van der Waals surface area contributed by atoms with Crippen LogP contribution < -0.4 is 5.32 Å². The first-order valence-electron chi connectivity index (χ1n) is 5.40. The molecule has 2 rings (SSSR count). The fraction of sp³-hybridized carbons (Fsp3) is 0.545. The SMILES string of the molecule is CN(C(=O)c1csc(I)c1)C1CCNCC1.Cl. The molecule has 1 aliphatic heterocycles. The summed E-state index contributed by atoms with van der Waals surface area (Å²) in [7, 11) is 1.92. The van der Waals surface area contributed by atoms with Crippen LogP contribution in [0.15, 0.2) is 11.4 Å². The van der Waals surface area contributed by atoms with Gasteiger partial charge in [-0.1, -0.05) is 0 Å². The minimum absolute atomic E-state index is 0. The van der Waals surface area contributed by atoms with E-state index in [1.54, 1.807) is 11.3 Å². The third kappa shape index (κ3) is 3.81. The lowest BCUT2D eigenvalue weighted by atomic mass is 10.0. The highest BCUT2D eigenvalue weighted by atomic mass is 127. The second kappa shape index (κ2) is 6.92. The topological polar surface area (TPSA) is 32.3 Å². The van der Waals surface area contributed by atoms with Crippen molar-refractivity contribution in [1.29, 1.82) is 0 Å². The van der Waals surface area contributed by atoms with Gasteiger partial charge in [0.15, 0.2) is 0 Å². The predicted octanol–water partition coefficient (Wildman–Crippen LogP) is 2.60. The molecule has 0 unspecified atom stereocenters. The molecule has 3 nitrogen and oxygen atoms in total. The molecule has 1 amide bonds. The van der Waals surface area contributed by atoms with E-state index < -0.39 is 0 Å². The Bertz CT molecular complexity index is 379. The first-order chi connectivity index (χ1) is 7.68. The van der Waals surface area contributed by atoms with E-state index in [9.17, 15) is 4.79 Å². The van der Waals surface area contributed by atoms with Gasteiger partial charge in [-0.2, -0.15) is 0 Å². The van der Waals surface area contributed by atoms with Crippen molar-refractivity contribution in [2.75, 3.05) is 20.1 Å². The van der Waals surface area contributed by atoms with Crippen LogP contribution in [0.3, 0.4) is 0 Å². The minimum atomic E-state index is 0. The normalized spacial score (nSPS) is 16.4. The zero-order valence-electron chi connectivity index (χ0n) is 9.61. The lowest BCUT2D eigenvalue weighted by Crippen LogP contribution is -2.43. The summed E-state index contributed by atoms with van der Waals surface area (Å²) in [6, 6.07) is 2.36. The molecular formula is C11H16ClIN2OS. The predicted molar refractivity (Wildman–Crippen MR) is 82.3 cm³/mol. The summed E-state index contributed by atoms with van der Waals surface area (Å²) in [5.74, 6) is 0.158. The molecule has 1 saturated heterocycles. The monoisotopic (exact) mass is 386 g/mol. The van der Waals surface area contributed by atoms with Crippen LogP contribution in [-0.2, 0) is 0 Å². The number of carbonyl (C=O) groups excluding carboxylic acids is 1. The van der Waals surface area contributed by atoms with E-state index in [0.29, 0.717) is 6.04 Å². The number of halogens is 2. The quantitative estimate of drug-likeness (QED) is 0.793. The largest absolute Gasteiger partial charge is 0.339 e. The average molecular weight is 387 g/mol. The molecule has 0 bridgehead atoms. The van der Waals surface area contributed by atoms with Gasteiger partial charge in [-0.3, -0.25) is 4.79 Å². The molecule has 1 aromatic heterocycles. The first kappa shape index (κ1) is 15.2. The summed E-state index contributed by atoms with van der Waals surface area (Å²) >= 11 is 3.87. The highest BCUT2D eigenvalue weighted by Gasteiger charge is 2.23. The second-order valence-electron chi connectivity index (χ2n) is 4.04. The first-order valence-corrected chi connectivity index (χ1v) is 7.36. The Morgan fingerprint density at radius 1 is 1.53 bits per heavy atom. The van der Waals surface area contributed by atoms with Gasteiger partial charge in [-0.15, -0.1) is 23.7 Å². The van der Waals surface area contributed by atoms with Crippen LogP contribution >= 0.6 is 46.3 Å². The van der Waals surface area contributed by atoms with Crippen molar-refractivity contribution in [1.82, 2.24) is 10.2 Å². The number of nitrogens with one attached hydrogen (secondary N) is 1. The summed E-state index contributed by atoms with van der Waals surface area (Å²) < 4.78 is 1.17. The van der Waals surface area contributed by atoms with Gasteiger partial charge in [0, 0.05) is 18.5 Å². The summed E-state index contributed by atoms with van der Waals surface area (Å²) in [6.07, 6.45) is 2.12. The van der Waals surface area contributed by atoms with E-state index in [2.05, 4.69) is 27.9 Å². The van der Waals surface area contributed by atoms with Gasteiger partial charge >= 0.3 is 0 Å². The Labute approximate surface area is 126 Å². The molecule has 0 aliphatic carbocycles. The fourth-order valence-electron chi connectivity index (χ4n) is 1.99. The van der Waals surface area contributed by atoms with Crippen molar-refractivity contribution in [3.05, 3.63) is 19.9 Å². The number of rotatable bonds is 2. The highest BCUT2D eigenvalue weighted by Crippen LogP contribution is 2.20. The Kier molecular flexibility index (Phi) is 6.19. The van der Waals surface area contributed by atoms with E-state index in [-0.39, 0.29) is 18.3 Å². The lowest BCUT2D eigenvalue weighted by molar-refractivity contribution is 0.0704. The highest BCUT2D eigenvalue weighted by molar-refractivity contribution is 14.1. The number of piperidine rings is 1. The van der Waals surface area contributed by atoms with E-state index in [1.165, 1.54) is 2.88 Å². The molecule has 0 aromatic carbocycles. The average Bonchev–Trinajstić information content (AvgIpc) is 2.75. The summed E-state index contributed by atoms with van der Waals surface area (Å²) in [5.41, 5.74) is 0.829. The van der Waals surface area contributed by atoms with Gasteiger partial charge in [0.1, 0.15) is 0 Å². The Morgan fingerprint density at radius 2 is 2.18 bits per heavy atom. The summed E-state index contributed by atoms with van der Waals surface area (Å²) in [5, 5.41) is 5.26. The standard InChI is InChI=1S/C11H15IN2OS.ClH/c1-14(9-2-4-13-5-3-9)11(15)8-6-10(12)16-7-8;/h6-7,9,13H,2-5H2,1H3;1H. The summed E-state index contributed by atoms with van der Waals surface area (Å²) in [6.45, 7) is 2.03. The van der Waals surface area contributed by atoms with Crippen LogP contribution in [0.5, 0.6) is 0 Å². The van der Waals surface area contributed by atoms with E-state index >= 15 is 0 Å². The van der Waals surface area contributed by atoms with Crippen molar-refractivity contribution in [3.8, 4) is 0 Å². The summed E-state index contributed by atoms with van der Waals surface area (Å²) in [4.78, 5) is 14.1. The molecule has 1 N–H and O–H groups in total. The van der Waals surface area contributed by atoms with Gasteiger partial charge in [0.05, 0.1) is 8.45 Å². The maximum absolute atomic E-state index is 12.2. The molecule has 0 radical (unpaired) electrons. The molecule has 0 spiro atoms. The Morgan fingerprint density at radius 3 is 2.71 bits per heavy atom. The number of thiophene rings is 1. The number of carbonyl (C=O) groups is 1. The number of amides is 1. The van der Waals surface area contributed by atoms with Gasteiger partial charge in [0.25, 0.3) is 5.91 Å². The molecule has 1 aromatic rings. The molecule has 6 heteroatoms. The minimum Gasteiger partial charge on any atom is -0.339 e. The van der Waals surface area contributed by atoms with Crippen LogP contribution in [0.25, 0.3) is 0 Å². The molecule has 1 aliphatic rings. The van der Waals surface area contributed by atoms with Gasteiger partial charge < -0.3 is 10.2 Å². The Balaban J connectivity index is 0.00000144. The van der Waals surface area contributed by atoms with Crippen LogP contribution in [-0.4, -0.2) is 37.0 Å². The van der Waals surface area contributed by atoms with Crippen LogP contribution in [0, 0.1) is 2.88 Å². The van der Waals surface area contributed by atoms with Crippen LogP contribution in [0.2, 0.25) is 0 Å². The molecular weight excluding hydrogens is 371 g/mol. The molecule has 0 saturated carbocycles. The van der Waals surface area contributed by atoms with Gasteiger partial charge in [-0.05, 0) is 54.6 Å². The van der Waals surface area contributed by atoms with Crippen molar-refractivity contribution in [3.63, 3.8) is 0 Å². The number of hydrogen-bond donors (Lipinski definition) is 1. The van der Waals surface area contributed by atoms with Gasteiger partial charge in [0.2, 0.25) is 0 Å². The third-order valence-electron chi connectivity index (χ3n) is 2.99. The second-order valence-corrected chi connectivity index (χ2v) is 6.84. The number of hydrogen-bond acceptors (Lipinski definition) is 3.